The average Bonchev–Trinajstić information content (AvgIpc) is 2.58. The minimum atomic E-state index is 0.716. The second-order valence-corrected chi connectivity index (χ2v) is 2.35. The lowest BCUT2D eigenvalue weighted by atomic mass is 10.4. The normalized spacial score (nSPS) is 18.7. The largest absolute Gasteiger partial charge is 0.378 e. The third kappa shape index (κ3) is 1.32. The van der Waals surface area contributed by atoms with Crippen LogP contribution in [0.15, 0.2) is 0 Å². The number of morpholine rings is 1. The van der Waals surface area contributed by atoms with Crippen LogP contribution in [0.3, 0.4) is 0 Å². The van der Waals surface area contributed by atoms with E-state index in [2.05, 4.69) is 26.4 Å². The molecule has 1 fully saturated rings. The number of aromatic amines is 1. The van der Waals surface area contributed by atoms with Crippen LogP contribution in [0, 0.1) is 6.33 Å². The van der Waals surface area contributed by atoms with Gasteiger partial charge in [-0.05, 0) is 0 Å². The first-order valence-corrected chi connectivity index (χ1v) is 3.58. The van der Waals surface area contributed by atoms with E-state index in [-0.39, 0.29) is 0 Å². The van der Waals surface area contributed by atoms with Crippen molar-refractivity contribution in [2.24, 2.45) is 0 Å². The Balaban J connectivity index is 2.04. The quantitative estimate of drug-likeness (QED) is 0.587. The van der Waals surface area contributed by atoms with Crippen molar-refractivity contribution in [3.63, 3.8) is 0 Å². The molecule has 0 aromatic carbocycles. The van der Waals surface area contributed by atoms with Gasteiger partial charge >= 0.3 is 0 Å². The number of hydrogen-bond acceptors (Lipinski definition) is 4. The Morgan fingerprint density at radius 3 is 2.91 bits per heavy atom. The third-order valence-electron chi connectivity index (χ3n) is 1.66. The van der Waals surface area contributed by atoms with Crippen molar-refractivity contribution in [1.82, 2.24) is 15.2 Å². The smallest absolute Gasteiger partial charge is 0.245 e. The molecule has 1 saturated heterocycles. The van der Waals surface area contributed by atoms with E-state index in [9.17, 15) is 0 Å². The molecule has 11 heavy (non-hydrogen) atoms. The maximum absolute atomic E-state index is 5.18. The van der Waals surface area contributed by atoms with Crippen molar-refractivity contribution in [2.75, 3.05) is 31.2 Å². The number of ether oxygens (including phenoxy) is 1. The molecule has 2 heterocycles. The van der Waals surface area contributed by atoms with Crippen LogP contribution in [-0.2, 0) is 4.74 Å². The summed E-state index contributed by atoms with van der Waals surface area (Å²) in [6, 6.07) is 0. The highest BCUT2D eigenvalue weighted by Gasteiger charge is 2.13. The third-order valence-corrected chi connectivity index (χ3v) is 1.66. The topological polar surface area (TPSA) is 54.0 Å². The zero-order valence-electron chi connectivity index (χ0n) is 6.08. The van der Waals surface area contributed by atoms with Gasteiger partial charge in [0.2, 0.25) is 5.95 Å². The molecule has 1 aliphatic rings. The predicted molar refractivity (Wildman–Crippen MR) is 38.3 cm³/mol. The van der Waals surface area contributed by atoms with Crippen LogP contribution < -0.4 is 4.90 Å². The van der Waals surface area contributed by atoms with Gasteiger partial charge in [0.15, 0.2) is 6.33 Å². The van der Waals surface area contributed by atoms with E-state index in [1.54, 1.807) is 0 Å². The molecule has 2 rings (SSSR count). The number of hydrogen-bond donors (Lipinski definition) is 1. The predicted octanol–water partition coefficient (Wildman–Crippen LogP) is -0.559. The van der Waals surface area contributed by atoms with Gasteiger partial charge in [-0.2, -0.15) is 4.98 Å². The van der Waals surface area contributed by atoms with Crippen molar-refractivity contribution >= 4 is 5.95 Å². The Morgan fingerprint density at radius 1 is 1.45 bits per heavy atom. The Bertz CT molecular complexity index is 204. The monoisotopic (exact) mass is 153 g/mol. The van der Waals surface area contributed by atoms with E-state index < -0.39 is 0 Å². The van der Waals surface area contributed by atoms with E-state index in [1.165, 1.54) is 0 Å². The standard InChI is InChI=1S/C6H9N4O/c1-3-11-4-2-10(1)6-7-5-8-9-6/h1-4H2,(H,7,8,9). The maximum atomic E-state index is 5.18. The molecular formula is C6H9N4O. The van der Waals surface area contributed by atoms with Gasteiger partial charge < -0.3 is 9.64 Å². The zero-order chi connectivity index (χ0) is 7.52. The lowest BCUT2D eigenvalue weighted by Gasteiger charge is -2.24. The summed E-state index contributed by atoms with van der Waals surface area (Å²) in [4.78, 5) is 5.98. The van der Waals surface area contributed by atoms with Crippen LogP contribution in [0.25, 0.3) is 0 Å². The SMILES string of the molecule is [c]1nc(N2CCOCC2)n[nH]1. The maximum Gasteiger partial charge on any atom is 0.245 e. The fraction of sp³-hybridized carbons (Fsp3) is 0.667. The van der Waals surface area contributed by atoms with E-state index in [1.807, 2.05) is 0 Å². The van der Waals surface area contributed by atoms with Crippen LogP contribution >= 0.6 is 0 Å². The summed E-state index contributed by atoms with van der Waals surface area (Å²) in [6.45, 7) is 3.25. The van der Waals surface area contributed by atoms with Gasteiger partial charge in [-0.15, -0.1) is 5.10 Å². The summed E-state index contributed by atoms with van der Waals surface area (Å²) in [5, 5.41) is 6.48. The first kappa shape index (κ1) is 6.60. The Morgan fingerprint density at radius 2 is 2.27 bits per heavy atom. The molecule has 5 heteroatoms. The molecule has 1 aromatic heterocycles. The van der Waals surface area contributed by atoms with Gasteiger partial charge in [0.05, 0.1) is 13.2 Å². The highest BCUT2D eigenvalue weighted by molar-refractivity contribution is 5.26. The summed E-state index contributed by atoms with van der Waals surface area (Å²) in [6.07, 6.45) is 2.56. The lowest BCUT2D eigenvalue weighted by molar-refractivity contribution is 0.122. The summed E-state index contributed by atoms with van der Waals surface area (Å²) in [5.74, 6) is 0.716. The van der Waals surface area contributed by atoms with E-state index in [0.717, 1.165) is 26.3 Å². The van der Waals surface area contributed by atoms with Gasteiger partial charge in [-0.25, -0.2) is 0 Å². The van der Waals surface area contributed by atoms with Crippen LogP contribution in [0.5, 0.6) is 0 Å². The van der Waals surface area contributed by atoms with Crippen molar-refractivity contribution in [2.45, 2.75) is 0 Å². The summed E-state index contributed by atoms with van der Waals surface area (Å²) < 4.78 is 5.18. The molecule has 0 atom stereocenters. The Kier molecular flexibility index (Phi) is 1.72. The van der Waals surface area contributed by atoms with Gasteiger partial charge in [0, 0.05) is 13.1 Å². The Hall–Kier alpha value is -1.10. The summed E-state index contributed by atoms with van der Waals surface area (Å²) in [7, 11) is 0. The number of aromatic nitrogens is 3. The Labute approximate surface area is 64.4 Å². The van der Waals surface area contributed by atoms with E-state index in [4.69, 9.17) is 4.74 Å². The first-order valence-electron chi connectivity index (χ1n) is 3.58. The molecule has 0 amide bonds. The molecule has 59 valence electrons. The number of rotatable bonds is 1. The van der Waals surface area contributed by atoms with Crippen molar-refractivity contribution in [1.29, 1.82) is 0 Å². The van der Waals surface area contributed by atoms with Gasteiger partial charge in [-0.1, -0.05) is 0 Å². The van der Waals surface area contributed by atoms with Gasteiger partial charge in [-0.3, -0.25) is 5.10 Å². The van der Waals surface area contributed by atoms with E-state index >= 15 is 0 Å². The van der Waals surface area contributed by atoms with Crippen LogP contribution in [0.2, 0.25) is 0 Å². The minimum Gasteiger partial charge on any atom is -0.378 e. The molecule has 1 radical (unpaired) electrons. The fourth-order valence-electron chi connectivity index (χ4n) is 1.08. The van der Waals surface area contributed by atoms with Crippen LogP contribution in [0.1, 0.15) is 0 Å². The number of nitrogens with one attached hydrogen (secondary N) is 1. The minimum absolute atomic E-state index is 0.716. The van der Waals surface area contributed by atoms with Crippen LogP contribution in [0.4, 0.5) is 5.95 Å². The average molecular weight is 153 g/mol. The molecular weight excluding hydrogens is 144 g/mol. The molecule has 5 nitrogen and oxygen atoms in total. The fourth-order valence-corrected chi connectivity index (χ4v) is 1.08. The second kappa shape index (κ2) is 2.87. The van der Waals surface area contributed by atoms with Crippen molar-refractivity contribution in [3.05, 3.63) is 6.33 Å². The lowest BCUT2D eigenvalue weighted by Crippen LogP contribution is -2.36. The zero-order valence-corrected chi connectivity index (χ0v) is 6.08. The number of anilines is 1. The molecule has 0 unspecified atom stereocenters. The molecule has 0 saturated carbocycles. The van der Waals surface area contributed by atoms with Crippen molar-refractivity contribution < 1.29 is 4.74 Å². The molecule has 0 aliphatic carbocycles. The highest BCUT2D eigenvalue weighted by Crippen LogP contribution is 2.05. The van der Waals surface area contributed by atoms with Gasteiger partial charge in [0.25, 0.3) is 0 Å². The molecule has 0 bridgehead atoms. The molecule has 1 aromatic rings. The number of H-pyrrole nitrogens is 1. The van der Waals surface area contributed by atoms with Gasteiger partial charge in [0.1, 0.15) is 0 Å². The highest BCUT2D eigenvalue weighted by atomic mass is 16.5. The van der Waals surface area contributed by atoms with Crippen LogP contribution in [-0.4, -0.2) is 41.5 Å². The summed E-state index contributed by atoms with van der Waals surface area (Å²) >= 11 is 0. The molecule has 0 spiro atoms. The van der Waals surface area contributed by atoms with E-state index in [0.29, 0.717) is 5.95 Å². The summed E-state index contributed by atoms with van der Waals surface area (Å²) in [5.41, 5.74) is 0. The molecule has 1 aliphatic heterocycles. The first-order chi connectivity index (χ1) is 5.47. The number of nitrogens with zero attached hydrogens (tertiary/aromatic N) is 3. The second-order valence-electron chi connectivity index (χ2n) is 2.35. The van der Waals surface area contributed by atoms with Crippen molar-refractivity contribution in [3.8, 4) is 0 Å². The molecule has 1 N–H and O–H groups in total.